The molecule has 18 heavy (non-hydrogen) atoms. The minimum atomic E-state index is -0.117. The normalized spacial score (nSPS) is 10.4. The second-order valence-corrected chi connectivity index (χ2v) is 5.97. The second-order valence-electron chi connectivity index (χ2n) is 4.02. The summed E-state index contributed by atoms with van der Waals surface area (Å²) in [6, 6.07) is 4.86. The Morgan fingerprint density at radius 2 is 1.67 bits per heavy atom. The van der Waals surface area contributed by atoms with Crippen molar-refractivity contribution in [3.8, 4) is 0 Å². The van der Waals surface area contributed by atoms with Crippen LogP contribution in [0.5, 0.6) is 0 Å². The number of hydrogen-bond acceptors (Lipinski definition) is 1. The van der Waals surface area contributed by atoms with Gasteiger partial charge < -0.3 is 5.32 Å². The van der Waals surface area contributed by atoms with Crippen LogP contribution in [-0.2, 0) is 0 Å². The zero-order valence-electron chi connectivity index (χ0n) is 10.0. The SMILES string of the molecule is O=C(NCCCCCCI)c1cc(Cl)cc(Cl)c1. The summed E-state index contributed by atoms with van der Waals surface area (Å²) >= 11 is 14.1. The average Bonchev–Trinajstić information content (AvgIpc) is 2.32. The summed E-state index contributed by atoms with van der Waals surface area (Å²) in [6.45, 7) is 0.699. The number of hydrogen-bond donors (Lipinski definition) is 1. The first-order valence-electron chi connectivity index (χ1n) is 5.93. The van der Waals surface area contributed by atoms with E-state index >= 15 is 0 Å². The van der Waals surface area contributed by atoms with Crippen LogP contribution in [0.1, 0.15) is 36.0 Å². The Kier molecular flexibility index (Phi) is 8.02. The average molecular weight is 400 g/mol. The molecule has 0 heterocycles. The minimum Gasteiger partial charge on any atom is -0.352 e. The molecule has 0 bridgehead atoms. The minimum absolute atomic E-state index is 0.117. The van der Waals surface area contributed by atoms with Gasteiger partial charge in [0.2, 0.25) is 0 Å². The lowest BCUT2D eigenvalue weighted by atomic mass is 10.2. The Balaban J connectivity index is 2.32. The van der Waals surface area contributed by atoms with E-state index in [0.717, 1.165) is 12.8 Å². The van der Waals surface area contributed by atoms with E-state index in [1.807, 2.05) is 0 Å². The van der Waals surface area contributed by atoms with Gasteiger partial charge >= 0.3 is 0 Å². The van der Waals surface area contributed by atoms with Crippen molar-refractivity contribution in [2.75, 3.05) is 11.0 Å². The molecule has 5 heteroatoms. The largest absolute Gasteiger partial charge is 0.352 e. The molecule has 0 atom stereocenters. The summed E-state index contributed by atoms with van der Waals surface area (Å²) in [5.74, 6) is -0.117. The molecule has 0 saturated carbocycles. The van der Waals surface area contributed by atoms with Crippen molar-refractivity contribution >= 4 is 51.7 Å². The quantitative estimate of drug-likeness (QED) is 0.401. The Morgan fingerprint density at radius 1 is 1.06 bits per heavy atom. The molecule has 0 unspecified atom stereocenters. The van der Waals surface area contributed by atoms with Gasteiger partial charge in [-0.2, -0.15) is 0 Å². The number of unbranched alkanes of at least 4 members (excludes halogenated alkanes) is 3. The van der Waals surface area contributed by atoms with Gasteiger partial charge in [0.15, 0.2) is 0 Å². The molecule has 0 aromatic heterocycles. The molecule has 0 fully saturated rings. The maximum absolute atomic E-state index is 11.8. The van der Waals surface area contributed by atoms with Crippen molar-refractivity contribution < 1.29 is 4.79 Å². The predicted octanol–water partition coefficient (Wildman–Crippen LogP) is 4.72. The van der Waals surface area contributed by atoms with Gasteiger partial charge in [-0.1, -0.05) is 58.6 Å². The van der Waals surface area contributed by atoms with Crippen molar-refractivity contribution in [1.82, 2.24) is 5.32 Å². The van der Waals surface area contributed by atoms with Gasteiger partial charge in [0.25, 0.3) is 5.91 Å². The van der Waals surface area contributed by atoms with Gasteiger partial charge in [0.1, 0.15) is 0 Å². The van der Waals surface area contributed by atoms with Crippen LogP contribution in [0.15, 0.2) is 18.2 Å². The monoisotopic (exact) mass is 399 g/mol. The van der Waals surface area contributed by atoms with Crippen molar-refractivity contribution in [2.45, 2.75) is 25.7 Å². The fourth-order valence-corrected chi connectivity index (χ4v) is 2.63. The first kappa shape index (κ1) is 16.1. The number of rotatable bonds is 7. The molecular formula is C13H16Cl2INO. The topological polar surface area (TPSA) is 29.1 Å². The highest BCUT2D eigenvalue weighted by Gasteiger charge is 2.06. The molecule has 0 radical (unpaired) electrons. The van der Waals surface area contributed by atoms with Gasteiger partial charge in [-0.3, -0.25) is 4.79 Å². The zero-order chi connectivity index (χ0) is 13.4. The lowest BCUT2D eigenvalue weighted by Crippen LogP contribution is -2.24. The van der Waals surface area contributed by atoms with E-state index in [9.17, 15) is 4.79 Å². The van der Waals surface area contributed by atoms with Crippen molar-refractivity contribution in [2.24, 2.45) is 0 Å². The maximum atomic E-state index is 11.8. The summed E-state index contributed by atoms with van der Waals surface area (Å²) in [5.41, 5.74) is 0.514. The molecule has 1 aromatic rings. The molecular weight excluding hydrogens is 384 g/mol. The molecule has 0 aliphatic heterocycles. The number of halogens is 3. The number of nitrogens with one attached hydrogen (secondary N) is 1. The van der Waals surface area contributed by atoms with Crippen LogP contribution in [0, 0.1) is 0 Å². The lowest BCUT2D eigenvalue weighted by molar-refractivity contribution is 0.0953. The smallest absolute Gasteiger partial charge is 0.251 e. The lowest BCUT2D eigenvalue weighted by Gasteiger charge is -2.06. The molecule has 0 aliphatic carbocycles. The van der Waals surface area contributed by atoms with Crippen LogP contribution in [0.2, 0.25) is 10.0 Å². The van der Waals surface area contributed by atoms with Gasteiger partial charge in [-0.15, -0.1) is 0 Å². The Bertz CT molecular complexity index is 378. The number of carbonyl (C=O) groups is 1. The summed E-state index contributed by atoms with van der Waals surface area (Å²) in [5, 5.41) is 3.83. The van der Waals surface area contributed by atoms with Crippen LogP contribution < -0.4 is 5.32 Å². The highest BCUT2D eigenvalue weighted by molar-refractivity contribution is 14.1. The van der Waals surface area contributed by atoms with E-state index in [1.54, 1.807) is 18.2 Å². The van der Waals surface area contributed by atoms with Crippen LogP contribution in [0.25, 0.3) is 0 Å². The zero-order valence-corrected chi connectivity index (χ0v) is 13.7. The van der Waals surface area contributed by atoms with E-state index in [-0.39, 0.29) is 5.91 Å². The van der Waals surface area contributed by atoms with Crippen molar-refractivity contribution in [1.29, 1.82) is 0 Å². The first-order valence-corrected chi connectivity index (χ1v) is 8.22. The first-order chi connectivity index (χ1) is 8.63. The Morgan fingerprint density at radius 3 is 2.28 bits per heavy atom. The Labute approximate surface area is 132 Å². The Hall–Kier alpha value is -0.000000000000000111. The number of amides is 1. The summed E-state index contributed by atoms with van der Waals surface area (Å²) in [4.78, 5) is 11.8. The number of benzene rings is 1. The second kappa shape index (κ2) is 8.99. The van der Waals surface area contributed by atoms with Gasteiger partial charge in [-0.25, -0.2) is 0 Å². The summed E-state index contributed by atoms with van der Waals surface area (Å²) in [7, 11) is 0. The molecule has 1 amide bonds. The molecule has 100 valence electrons. The van der Waals surface area contributed by atoms with E-state index in [1.165, 1.54) is 17.3 Å². The van der Waals surface area contributed by atoms with Crippen LogP contribution >= 0.6 is 45.8 Å². The third-order valence-corrected chi connectivity index (χ3v) is 3.67. The van der Waals surface area contributed by atoms with Gasteiger partial charge in [-0.05, 0) is 35.5 Å². The predicted molar refractivity (Wildman–Crippen MR) is 86.2 cm³/mol. The van der Waals surface area contributed by atoms with Crippen molar-refractivity contribution in [3.63, 3.8) is 0 Å². The molecule has 0 spiro atoms. The fourth-order valence-electron chi connectivity index (χ4n) is 1.56. The number of alkyl halides is 1. The highest BCUT2D eigenvalue weighted by Crippen LogP contribution is 2.18. The van der Waals surface area contributed by atoms with Crippen LogP contribution in [0.3, 0.4) is 0 Å². The van der Waals surface area contributed by atoms with E-state index in [2.05, 4.69) is 27.9 Å². The summed E-state index contributed by atoms with van der Waals surface area (Å²) < 4.78 is 1.20. The van der Waals surface area contributed by atoms with E-state index in [4.69, 9.17) is 23.2 Å². The van der Waals surface area contributed by atoms with Crippen LogP contribution in [0.4, 0.5) is 0 Å². The molecule has 2 nitrogen and oxygen atoms in total. The highest BCUT2D eigenvalue weighted by atomic mass is 127. The standard InChI is InChI=1S/C13H16Cl2INO/c14-11-7-10(8-12(15)9-11)13(18)17-6-4-2-1-3-5-16/h7-9H,1-6H2,(H,17,18). The maximum Gasteiger partial charge on any atom is 0.251 e. The molecule has 0 aliphatic rings. The van der Waals surface area contributed by atoms with Gasteiger partial charge in [0, 0.05) is 22.2 Å². The summed E-state index contributed by atoms with van der Waals surface area (Å²) in [6.07, 6.45) is 4.64. The van der Waals surface area contributed by atoms with Crippen LogP contribution in [-0.4, -0.2) is 16.9 Å². The van der Waals surface area contributed by atoms with E-state index < -0.39 is 0 Å². The third-order valence-electron chi connectivity index (χ3n) is 2.47. The molecule has 1 rings (SSSR count). The molecule has 1 N–H and O–H groups in total. The van der Waals surface area contributed by atoms with E-state index in [0.29, 0.717) is 22.2 Å². The third kappa shape index (κ3) is 6.25. The molecule has 1 aromatic carbocycles. The fraction of sp³-hybridized carbons (Fsp3) is 0.462. The van der Waals surface area contributed by atoms with Gasteiger partial charge in [0.05, 0.1) is 0 Å². The number of carbonyl (C=O) groups excluding carboxylic acids is 1. The van der Waals surface area contributed by atoms with Crippen molar-refractivity contribution in [3.05, 3.63) is 33.8 Å². The molecule has 0 saturated heterocycles.